The summed E-state index contributed by atoms with van der Waals surface area (Å²) in [6.07, 6.45) is 10.3. The number of fused-ring (bicyclic) bond motifs is 5. The van der Waals surface area contributed by atoms with Crippen molar-refractivity contribution >= 4 is 11.9 Å². The van der Waals surface area contributed by atoms with E-state index < -0.39 is 41.1 Å². The van der Waals surface area contributed by atoms with Gasteiger partial charge in [-0.25, -0.2) is 4.79 Å². The summed E-state index contributed by atoms with van der Waals surface area (Å²) in [6, 6.07) is -0.340. The van der Waals surface area contributed by atoms with E-state index in [1.54, 1.807) is 0 Å². The first kappa shape index (κ1) is 31.3. The van der Waals surface area contributed by atoms with Crippen LogP contribution in [0, 0.1) is 39.9 Å². The lowest BCUT2D eigenvalue weighted by atomic mass is 9.36. The molecule has 0 aromatic carbocycles. The molecule has 8 heteroatoms. The Bertz CT molecular complexity index is 1200. The van der Waals surface area contributed by atoms with Crippen LogP contribution in [0.15, 0.2) is 22.3 Å². The van der Waals surface area contributed by atoms with Crippen molar-refractivity contribution in [1.82, 2.24) is 0 Å². The van der Waals surface area contributed by atoms with Crippen molar-refractivity contribution in [2.45, 2.75) is 135 Å². The summed E-state index contributed by atoms with van der Waals surface area (Å²) in [5, 5.41) is 33.7. The van der Waals surface area contributed by atoms with Gasteiger partial charge < -0.3 is 31.5 Å². The van der Waals surface area contributed by atoms with Crippen molar-refractivity contribution in [2.24, 2.45) is 51.4 Å². The van der Waals surface area contributed by atoms with E-state index in [-0.39, 0.29) is 35.1 Å². The second-order valence-corrected chi connectivity index (χ2v) is 15.6. The second-order valence-electron chi connectivity index (χ2n) is 15.6. The molecule has 1 unspecified atom stereocenters. The molecule has 0 bridgehead atoms. The molecular weight excluding hydrogens is 544 g/mol. The number of aliphatic hydroxyl groups excluding tert-OH is 2. The largest absolute Gasteiger partial charge is 0.478 e. The average Bonchev–Trinajstić information content (AvgIpc) is 3.58. The highest BCUT2D eigenvalue weighted by molar-refractivity contribution is 5.89. The Labute approximate surface area is 256 Å². The number of hydrogen-bond donors (Lipinski definition) is 5. The summed E-state index contributed by atoms with van der Waals surface area (Å²) in [5.41, 5.74) is 16.3. The van der Waals surface area contributed by atoms with Crippen LogP contribution in [0.2, 0.25) is 0 Å². The lowest BCUT2D eigenvalue weighted by Crippen LogP contribution is -2.70. The Morgan fingerprint density at radius 2 is 1.67 bits per heavy atom. The Morgan fingerprint density at radius 3 is 2.33 bits per heavy atom. The first-order valence-corrected chi connectivity index (χ1v) is 17.0. The van der Waals surface area contributed by atoms with Crippen LogP contribution in [-0.2, 0) is 14.3 Å². The summed E-state index contributed by atoms with van der Waals surface area (Å²) >= 11 is 0. The predicted octanol–water partition coefficient (Wildman–Crippen LogP) is 4.61. The monoisotopic (exact) mass is 598 g/mol. The molecular formula is C35H54N2O6. The molecule has 0 amide bonds. The van der Waals surface area contributed by atoms with Gasteiger partial charge in [0.2, 0.25) is 0 Å². The first-order chi connectivity index (χ1) is 20.4. The topological polar surface area (TPSA) is 156 Å². The summed E-state index contributed by atoms with van der Waals surface area (Å²) in [6.45, 7) is 6.25. The van der Waals surface area contributed by atoms with Crippen LogP contribution in [0.3, 0.4) is 0 Å². The van der Waals surface area contributed by atoms with E-state index in [4.69, 9.17) is 16.2 Å². The molecule has 6 aliphatic rings. The van der Waals surface area contributed by atoms with Gasteiger partial charge in [0.25, 0.3) is 0 Å². The van der Waals surface area contributed by atoms with Crippen molar-refractivity contribution in [1.29, 1.82) is 0 Å². The number of allylic oxidation sites excluding steroid dienone is 2. The highest BCUT2D eigenvalue weighted by atomic mass is 16.5. The molecule has 0 aromatic rings. The number of hydrogen-bond acceptors (Lipinski definition) is 7. The summed E-state index contributed by atoms with van der Waals surface area (Å²) in [7, 11) is 0. The molecule has 0 radical (unpaired) electrons. The van der Waals surface area contributed by atoms with E-state index in [1.165, 1.54) is 30.9 Å². The molecule has 0 heterocycles. The molecule has 0 aliphatic heterocycles. The van der Waals surface area contributed by atoms with E-state index in [0.29, 0.717) is 31.4 Å². The lowest BCUT2D eigenvalue weighted by Gasteiger charge is -2.69. The predicted molar refractivity (Wildman–Crippen MR) is 164 cm³/mol. The maximum Gasteiger partial charge on any atom is 0.331 e. The van der Waals surface area contributed by atoms with E-state index in [2.05, 4.69) is 13.8 Å². The number of aliphatic hydroxyl groups is 2. The third kappa shape index (κ3) is 4.68. The van der Waals surface area contributed by atoms with Gasteiger partial charge in [0, 0.05) is 18.5 Å². The van der Waals surface area contributed by atoms with E-state index in [0.717, 1.165) is 63.4 Å². The molecule has 11 atom stereocenters. The van der Waals surface area contributed by atoms with E-state index in [9.17, 15) is 24.9 Å². The third-order valence-electron chi connectivity index (χ3n) is 13.9. The zero-order chi connectivity index (χ0) is 30.9. The fraction of sp³-hybridized carbons (Fsp3) is 0.829. The number of aliphatic carboxylic acids is 1. The molecule has 7 N–H and O–H groups in total. The zero-order valence-electron chi connectivity index (χ0n) is 26.4. The van der Waals surface area contributed by atoms with Gasteiger partial charge in [-0.15, -0.1) is 0 Å². The minimum atomic E-state index is -0.916. The highest BCUT2D eigenvalue weighted by Crippen LogP contribution is 2.74. The molecule has 6 rings (SSSR count). The maximum absolute atomic E-state index is 13.3. The lowest BCUT2D eigenvalue weighted by molar-refractivity contribution is -0.231. The van der Waals surface area contributed by atoms with Gasteiger partial charge in [0.15, 0.2) is 0 Å². The highest BCUT2D eigenvalue weighted by Gasteiger charge is 2.72. The Morgan fingerprint density at radius 1 is 0.977 bits per heavy atom. The van der Waals surface area contributed by atoms with Crippen LogP contribution in [-0.4, -0.2) is 58.2 Å². The SMILES string of the molecule is CC(=O)O[C@H]1C[C@@]2(C)[C@@H](C[C@@H](O)[C@H]3[C@@]4(C)CC[C@@H](O)[C@@H](N)[C@@H]4CC[C@@]32CN)/C1=C(/C(=O)O)C1CCCC(=C2CCCC2)C1. The summed E-state index contributed by atoms with van der Waals surface area (Å²) in [5.74, 6) is -1.75. The van der Waals surface area contributed by atoms with E-state index >= 15 is 0 Å². The quantitative estimate of drug-likeness (QED) is 0.178. The van der Waals surface area contributed by atoms with Gasteiger partial charge in [-0.05, 0) is 142 Å². The van der Waals surface area contributed by atoms with Crippen LogP contribution in [0.25, 0.3) is 0 Å². The summed E-state index contributed by atoms with van der Waals surface area (Å²) in [4.78, 5) is 25.8. The molecule has 43 heavy (non-hydrogen) atoms. The van der Waals surface area contributed by atoms with Gasteiger partial charge in [-0.1, -0.05) is 25.0 Å². The molecule has 240 valence electrons. The molecule has 0 saturated heterocycles. The van der Waals surface area contributed by atoms with Crippen LogP contribution >= 0.6 is 0 Å². The smallest absolute Gasteiger partial charge is 0.331 e. The number of nitrogens with two attached hydrogens (primary N) is 2. The fourth-order valence-electron chi connectivity index (χ4n) is 12.1. The normalized spacial score (nSPS) is 47.4. The van der Waals surface area contributed by atoms with Crippen LogP contribution in [0.5, 0.6) is 0 Å². The Balaban J connectivity index is 1.47. The van der Waals surface area contributed by atoms with Crippen molar-refractivity contribution < 1.29 is 29.6 Å². The number of carbonyl (C=O) groups is 2. The van der Waals surface area contributed by atoms with Gasteiger partial charge in [0.1, 0.15) is 6.10 Å². The standard InChI is InChI=1S/C35H54N2O6/c1-19(38)43-27-17-34(3)24(29(27)28(32(41)42)22-10-6-9-21(15-22)20-7-4-5-8-20)16-26(40)31-33(2)13-12-25(39)30(37)23(33)11-14-35(31,34)18-36/h22-27,30-31,39-40H,4-18,36-37H2,1-3H3,(H,41,42)/b29-28-/t22?,23-,24-,25+,26+,27-,30-,31-,33-,34-,35+/m0/s1. The molecule has 0 spiro atoms. The molecule has 8 nitrogen and oxygen atoms in total. The first-order valence-electron chi connectivity index (χ1n) is 17.0. The Hall–Kier alpha value is -1.74. The van der Waals surface area contributed by atoms with Crippen molar-refractivity contribution in [3.63, 3.8) is 0 Å². The number of rotatable bonds is 4. The molecule has 6 aliphatic carbocycles. The zero-order valence-corrected chi connectivity index (χ0v) is 26.4. The van der Waals surface area contributed by atoms with Crippen LogP contribution < -0.4 is 11.5 Å². The third-order valence-corrected chi connectivity index (χ3v) is 13.9. The number of carboxylic acid groups (broad SMARTS) is 1. The van der Waals surface area contributed by atoms with Crippen LogP contribution in [0.4, 0.5) is 0 Å². The second kappa shape index (κ2) is 11.3. The molecule has 6 saturated carbocycles. The van der Waals surface area contributed by atoms with Crippen molar-refractivity contribution in [3.05, 3.63) is 22.3 Å². The average molecular weight is 599 g/mol. The van der Waals surface area contributed by atoms with Gasteiger partial charge in [-0.2, -0.15) is 0 Å². The number of ether oxygens (including phenoxy) is 1. The number of carboxylic acids is 1. The Kier molecular flexibility index (Phi) is 8.18. The van der Waals surface area contributed by atoms with Crippen LogP contribution in [0.1, 0.15) is 111 Å². The van der Waals surface area contributed by atoms with Gasteiger partial charge >= 0.3 is 11.9 Å². The van der Waals surface area contributed by atoms with Gasteiger partial charge in [-0.3, -0.25) is 4.79 Å². The van der Waals surface area contributed by atoms with Crippen molar-refractivity contribution in [2.75, 3.05) is 6.54 Å². The maximum atomic E-state index is 13.3. The minimum Gasteiger partial charge on any atom is -0.478 e. The fourth-order valence-corrected chi connectivity index (χ4v) is 12.1. The minimum absolute atomic E-state index is 0.0790. The summed E-state index contributed by atoms with van der Waals surface area (Å²) < 4.78 is 6.05. The number of esters is 1. The van der Waals surface area contributed by atoms with Gasteiger partial charge in [0.05, 0.1) is 12.2 Å². The van der Waals surface area contributed by atoms with Crippen molar-refractivity contribution in [3.8, 4) is 0 Å². The molecule has 6 fully saturated rings. The molecule has 0 aromatic heterocycles. The number of carbonyl (C=O) groups excluding carboxylic acids is 1. The van der Waals surface area contributed by atoms with E-state index in [1.807, 2.05) is 0 Å².